The molecular weight excluding hydrogens is 418 g/mol. The quantitative estimate of drug-likeness (QED) is 0.339. The van der Waals surface area contributed by atoms with Crippen LogP contribution in [0, 0.1) is 6.92 Å². The summed E-state index contributed by atoms with van der Waals surface area (Å²) in [4.78, 5) is 34.2. The van der Waals surface area contributed by atoms with Crippen molar-refractivity contribution in [3.05, 3.63) is 44.9 Å². The van der Waals surface area contributed by atoms with E-state index in [-0.39, 0.29) is 11.5 Å². The van der Waals surface area contributed by atoms with Crippen LogP contribution in [0.5, 0.6) is 5.75 Å². The first-order chi connectivity index (χ1) is 13.3. The molecule has 2 N–H and O–H groups in total. The molecule has 6 nitrogen and oxygen atoms in total. The van der Waals surface area contributed by atoms with Gasteiger partial charge in [0.05, 0.1) is 39.6 Å². The van der Waals surface area contributed by atoms with E-state index in [1.807, 2.05) is 6.07 Å². The first kappa shape index (κ1) is 20.6. The first-order valence-electron chi connectivity index (χ1n) is 8.37. The average molecular weight is 436 g/mol. The Bertz CT molecular complexity index is 1070. The maximum Gasteiger partial charge on any atom is 0.225 e. The summed E-state index contributed by atoms with van der Waals surface area (Å²) in [6.07, 6.45) is 0. The Morgan fingerprint density at radius 1 is 1.29 bits per heavy atom. The van der Waals surface area contributed by atoms with Crippen molar-refractivity contribution in [1.29, 1.82) is 0 Å². The molecule has 0 aliphatic rings. The summed E-state index contributed by atoms with van der Waals surface area (Å²) in [6.45, 7) is 3.52. The van der Waals surface area contributed by atoms with E-state index in [0.717, 1.165) is 4.88 Å². The highest BCUT2D eigenvalue weighted by atomic mass is 35.5. The third kappa shape index (κ3) is 4.14. The molecule has 1 unspecified atom stereocenters. The van der Waals surface area contributed by atoms with Crippen LogP contribution in [-0.2, 0) is 4.79 Å². The number of aryl methyl sites for hydroxylation is 1. The third-order valence-electron chi connectivity index (χ3n) is 4.16. The number of nitrogens with zero attached hydrogens (tertiary/aromatic N) is 2. The summed E-state index contributed by atoms with van der Waals surface area (Å²) in [5.41, 5.74) is 6.03. The lowest BCUT2D eigenvalue weighted by Crippen LogP contribution is -2.17. The minimum Gasteiger partial charge on any atom is -0.495 e. The molecule has 0 radical (unpaired) electrons. The number of ether oxygens (including phenoxy) is 1. The number of thiophene rings is 1. The van der Waals surface area contributed by atoms with Crippen LogP contribution >= 0.6 is 34.7 Å². The molecule has 2 heterocycles. The number of Topliss-reactive ketones (excluding diaryl/α,β-unsaturated/α-hetero) is 1. The van der Waals surface area contributed by atoms with Crippen molar-refractivity contribution in [3.63, 3.8) is 0 Å². The molecule has 3 rings (SSSR count). The standard InChI is InChI=1S/C19H18ClN3O3S2/c1-9(18(21)25)14-6-7-15(28-14)12(24)8-27-19-16-11(22-10(2)23-19)4-5-13(26-3)17(16)20/h4-7,9H,8H2,1-3H3,(H2,21,25). The number of benzene rings is 1. The number of hydrogen-bond donors (Lipinski definition) is 1. The molecule has 2 aromatic heterocycles. The highest BCUT2D eigenvalue weighted by Crippen LogP contribution is 2.37. The molecule has 146 valence electrons. The molecule has 1 atom stereocenters. The number of carbonyl (C=O) groups is 2. The Morgan fingerprint density at radius 2 is 2.04 bits per heavy atom. The lowest BCUT2D eigenvalue weighted by Gasteiger charge is -2.10. The summed E-state index contributed by atoms with van der Waals surface area (Å²) in [5.74, 6) is 0.418. The molecule has 9 heteroatoms. The van der Waals surface area contributed by atoms with Crippen LogP contribution in [0.4, 0.5) is 0 Å². The van der Waals surface area contributed by atoms with Gasteiger partial charge in [0.15, 0.2) is 5.78 Å². The van der Waals surface area contributed by atoms with Crippen molar-refractivity contribution in [1.82, 2.24) is 9.97 Å². The number of amides is 1. The molecule has 0 spiro atoms. The second-order valence-electron chi connectivity index (χ2n) is 6.09. The molecule has 0 saturated heterocycles. The molecule has 3 aromatic rings. The van der Waals surface area contributed by atoms with E-state index in [4.69, 9.17) is 22.1 Å². The lowest BCUT2D eigenvalue weighted by molar-refractivity contribution is -0.119. The van der Waals surface area contributed by atoms with Crippen LogP contribution in [0.3, 0.4) is 0 Å². The fraction of sp³-hybridized carbons (Fsp3) is 0.263. The molecular formula is C19H18ClN3O3S2. The number of methoxy groups -OCH3 is 1. The van der Waals surface area contributed by atoms with E-state index < -0.39 is 11.8 Å². The summed E-state index contributed by atoms with van der Waals surface area (Å²) < 4.78 is 5.28. The van der Waals surface area contributed by atoms with Crippen LogP contribution in [-0.4, -0.2) is 34.5 Å². The van der Waals surface area contributed by atoms with Crippen molar-refractivity contribution < 1.29 is 14.3 Å². The van der Waals surface area contributed by atoms with Gasteiger partial charge in [-0.15, -0.1) is 11.3 Å². The van der Waals surface area contributed by atoms with Gasteiger partial charge in [-0.2, -0.15) is 0 Å². The molecule has 0 bridgehead atoms. The summed E-state index contributed by atoms with van der Waals surface area (Å²) in [6, 6.07) is 7.06. The van der Waals surface area contributed by atoms with E-state index in [1.54, 1.807) is 39.2 Å². The van der Waals surface area contributed by atoms with Crippen LogP contribution in [0.15, 0.2) is 29.3 Å². The number of halogens is 1. The topological polar surface area (TPSA) is 95.2 Å². The average Bonchev–Trinajstić information content (AvgIpc) is 3.15. The lowest BCUT2D eigenvalue weighted by atomic mass is 10.1. The molecule has 0 aliphatic carbocycles. The van der Waals surface area contributed by atoms with Crippen molar-refractivity contribution >= 4 is 57.3 Å². The van der Waals surface area contributed by atoms with Gasteiger partial charge in [-0.3, -0.25) is 9.59 Å². The number of carbonyl (C=O) groups excluding carboxylic acids is 2. The zero-order chi connectivity index (χ0) is 20.4. The molecule has 0 fully saturated rings. The van der Waals surface area contributed by atoms with Gasteiger partial charge < -0.3 is 10.5 Å². The Balaban J connectivity index is 1.85. The van der Waals surface area contributed by atoms with Gasteiger partial charge in [0, 0.05) is 4.88 Å². The number of aromatic nitrogens is 2. The van der Waals surface area contributed by atoms with Gasteiger partial charge in [0.2, 0.25) is 5.91 Å². The van der Waals surface area contributed by atoms with Crippen LogP contribution in [0.25, 0.3) is 10.9 Å². The monoisotopic (exact) mass is 435 g/mol. The van der Waals surface area contributed by atoms with Gasteiger partial charge in [-0.05, 0) is 38.1 Å². The molecule has 0 saturated carbocycles. The number of hydrogen-bond acceptors (Lipinski definition) is 7. The zero-order valence-corrected chi connectivity index (χ0v) is 17.9. The number of rotatable bonds is 7. The Morgan fingerprint density at radius 3 is 2.71 bits per heavy atom. The van der Waals surface area contributed by atoms with Crippen molar-refractivity contribution in [3.8, 4) is 5.75 Å². The minimum absolute atomic E-state index is 0.0543. The van der Waals surface area contributed by atoms with Crippen molar-refractivity contribution in [2.45, 2.75) is 24.8 Å². The Kier molecular flexibility index (Phi) is 6.22. The second-order valence-corrected chi connectivity index (χ2v) is 8.55. The van der Waals surface area contributed by atoms with Gasteiger partial charge in [0.25, 0.3) is 0 Å². The molecule has 1 aromatic carbocycles. The van der Waals surface area contributed by atoms with Gasteiger partial charge in [-0.25, -0.2) is 9.97 Å². The largest absolute Gasteiger partial charge is 0.495 e. The molecule has 0 aliphatic heterocycles. The molecule has 28 heavy (non-hydrogen) atoms. The SMILES string of the molecule is COc1ccc2nc(C)nc(SCC(=O)c3ccc(C(C)C(N)=O)s3)c2c1Cl. The van der Waals surface area contributed by atoms with E-state index in [2.05, 4.69) is 9.97 Å². The highest BCUT2D eigenvalue weighted by Gasteiger charge is 2.19. The fourth-order valence-corrected chi connectivity index (χ4v) is 5.04. The summed E-state index contributed by atoms with van der Waals surface area (Å²) in [5, 5.41) is 1.71. The van der Waals surface area contributed by atoms with Gasteiger partial charge in [0.1, 0.15) is 16.6 Å². The highest BCUT2D eigenvalue weighted by molar-refractivity contribution is 8.00. The number of ketones is 1. The van der Waals surface area contributed by atoms with E-state index in [0.29, 0.717) is 37.4 Å². The minimum atomic E-state index is -0.418. The van der Waals surface area contributed by atoms with Crippen LogP contribution in [0.2, 0.25) is 5.02 Å². The zero-order valence-electron chi connectivity index (χ0n) is 15.5. The fourth-order valence-electron chi connectivity index (χ4n) is 2.59. The number of thioether (sulfide) groups is 1. The van der Waals surface area contributed by atoms with E-state index in [9.17, 15) is 9.59 Å². The third-order valence-corrected chi connectivity index (χ3v) is 6.82. The normalized spacial score (nSPS) is 12.1. The van der Waals surface area contributed by atoms with Crippen LogP contribution in [0.1, 0.15) is 33.2 Å². The predicted octanol–water partition coefficient (Wildman–Crippen LogP) is 4.23. The van der Waals surface area contributed by atoms with Crippen LogP contribution < -0.4 is 10.5 Å². The van der Waals surface area contributed by atoms with E-state index >= 15 is 0 Å². The molecule has 1 amide bonds. The van der Waals surface area contributed by atoms with E-state index in [1.165, 1.54) is 23.1 Å². The summed E-state index contributed by atoms with van der Waals surface area (Å²) >= 11 is 9.04. The van der Waals surface area contributed by atoms with Gasteiger partial charge >= 0.3 is 0 Å². The van der Waals surface area contributed by atoms with Crippen molar-refractivity contribution in [2.24, 2.45) is 5.73 Å². The van der Waals surface area contributed by atoms with Crippen molar-refractivity contribution in [2.75, 3.05) is 12.9 Å². The number of primary amides is 1. The number of fused-ring (bicyclic) bond motifs is 1. The van der Waals surface area contributed by atoms with Gasteiger partial charge in [-0.1, -0.05) is 23.4 Å². The maximum absolute atomic E-state index is 12.6. The Labute approximate surface area is 175 Å². The first-order valence-corrected chi connectivity index (χ1v) is 10.6. The predicted molar refractivity (Wildman–Crippen MR) is 113 cm³/mol. The second kappa shape index (κ2) is 8.46. The number of nitrogens with two attached hydrogens (primary N) is 1. The summed E-state index contributed by atoms with van der Waals surface area (Å²) in [7, 11) is 1.54. The maximum atomic E-state index is 12.6. The Hall–Kier alpha value is -2.16. The smallest absolute Gasteiger partial charge is 0.225 e.